The highest BCUT2D eigenvalue weighted by atomic mass is 32.2. The lowest BCUT2D eigenvalue weighted by Crippen LogP contribution is -2.19. The number of thiophene rings is 1. The van der Waals surface area contributed by atoms with Crippen molar-refractivity contribution in [2.75, 3.05) is 11.1 Å². The molecular formula is C26H21N3OS2. The van der Waals surface area contributed by atoms with Crippen LogP contribution < -0.4 is 11.1 Å². The number of nitrogens with one attached hydrogen (secondary N) is 1. The molecule has 0 saturated heterocycles. The summed E-state index contributed by atoms with van der Waals surface area (Å²) in [5.74, 6) is -0.183. The number of aryl methyl sites for hydroxylation is 1. The van der Waals surface area contributed by atoms with Crippen molar-refractivity contribution in [1.29, 1.82) is 5.26 Å². The summed E-state index contributed by atoms with van der Waals surface area (Å²) in [7, 11) is 0. The summed E-state index contributed by atoms with van der Waals surface area (Å²) in [6, 6.07) is 27.4. The minimum Gasteiger partial charge on any atom is -0.399 e. The van der Waals surface area contributed by atoms with Crippen LogP contribution >= 0.6 is 23.1 Å². The van der Waals surface area contributed by atoms with Crippen LogP contribution in [0.5, 0.6) is 0 Å². The van der Waals surface area contributed by atoms with E-state index >= 15 is 0 Å². The zero-order valence-corrected chi connectivity index (χ0v) is 19.0. The quantitative estimate of drug-likeness (QED) is 0.252. The van der Waals surface area contributed by atoms with Gasteiger partial charge in [0.1, 0.15) is 16.3 Å². The third-order valence-corrected chi connectivity index (χ3v) is 7.10. The molecule has 3 aromatic carbocycles. The van der Waals surface area contributed by atoms with Gasteiger partial charge in [-0.3, -0.25) is 4.79 Å². The number of nitrogens with two attached hydrogens (primary N) is 1. The maximum absolute atomic E-state index is 13.4. The minimum atomic E-state index is -0.491. The third kappa shape index (κ3) is 4.86. The van der Waals surface area contributed by atoms with E-state index in [9.17, 15) is 10.1 Å². The lowest BCUT2D eigenvalue weighted by Gasteiger charge is -2.17. The lowest BCUT2D eigenvalue weighted by atomic mass is 10.0. The molecule has 0 saturated carbocycles. The Bertz CT molecular complexity index is 1270. The molecule has 0 spiro atoms. The van der Waals surface area contributed by atoms with E-state index in [1.54, 1.807) is 0 Å². The maximum Gasteiger partial charge on any atom is 0.243 e. The van der Waals surface area contributed by atoms with Gasteiger partial charge in [0.15, 0.2) is 0 Å². The van der Waals surface area contributed by atoms with Crippen molar-refractivity contribution in [3.05, 3.63) is 101 Å². The molecule has 0 bridgehead atoms. The molecule has 1 atom stereocenters. The van der Waals surface area contributed by atoms with Gasteiger partial charge in [-0.25, -0.2) is 0 Å². The van der Waals surface area contributed by atoms with Crippen LogP contribution in [0.25, 0.3) is 11.1 Å². The summed E-state index contributed by atoms with van der Waals surface area (Å²) >= 11 is 2.80. The molecule has 1 unspecified atom stereocenters. The molecule has 0 aliphatic carbocycles. The minimum absolute atomic E-state index is 0.183. The Morgan fingerprint density at radius 1 is 1.06 bits per heavy atom. The number of nitrogen functional groups attached to an aromatic ring is 1. The van der Waals surface area contributed by atoms with Gasteiger partial charge in [0, 0.05) is 21.5 Å². The highest BCUT2D eigenvalue weighted by molar-refractivity contribution is 8.00. The van der Waals surface area contributed by atoms with E-state index in [1.165, 1.54) is 23.1 Å². The number of nitrogens with zero attached hydrogens (tertiary/aromatic N) is 1. The first-order valence-electron chi connectivity index (χ1n) is 10.0. The largest absolute Gasteiger partial charge is 0.399 e. The summed E-state index contributed by atoms with van der Waals surface area (Å²) in [4.78, 5) is 14.3. The Morgan fingerprint density at radius 3 is 2.50 bits per heavy atom. The highest BCUT2D eigenvalue weighted by Crippen LogP contribution is 2.39. The third-order valence-electron chi connectivity index (χ3n) is 4.95. The van der Waals surface area contributed by atoms with Crippen LogP contribution in [0, 0.1) is 18.3 Å². The summed E-state index contributed by atoms with van der Waals surface area (Å²) in [5, 5.41) is 14.8. The Labute approximate surface area is 195 Å². The van der Waals surface area contributed by atoms with Gasteiger partial charge >= 0.3 is 0 Å². The molecule has 158 valence electrons. The van der Waals surface area contributed by atoms with Gasteiger partial charge in [-0.05, 0) is 36.2 Å². The van der Waals surface area contributed by atoms with Crippen molar-refractivity contribution < 1.29 is 4.79 Å². The molecular weight excluding hydrogens is 434 g/mol. The second-order valence-electron chi connectivity index (χ2n) is 7.30. The van der Waals surface area contributed by atoms with Crippen LogP contribution in [0.1, 0.15) is 21.9 Å². The molecule has 4 nitrogen and oxygen atoms in total. The van der Waals surface area contributed by atoms with E-state index in [2.05, 4.69) is 11.4 Å². The zero-order valence-electron chi connectivity index (χ0n) is 17.4. The second-order valence-corrected chi connectivity index (χ2v) is 9.36. The summed E-state index contributed by atoms with van der Waals surface area (Å²) < 4.78 is 0. The molecule has 6 heteroatoms. The summed E-state index contributed by atoms with van der Waals surface area (Å²) in [5.41, 5.74) is 10.9. The summed E-state index contributed by atoms with van der Waals surface area (Å²) in [6.07, 6.45) is 0. The van der Waals surface area contributed by atoms with Crippen LogP contribution in [0.3, 0.4) is 0 Å². The number of nitriles is 1. The van der Waals surface area contributed by atoms with Crippen molar-refractivity contribution in [1.82, 2.24) is 0 Å². The monoisotopic (exact) mass is 455 g/mol. The van der Waals surface area contributed by atoms with Crippen molar-refractivity contribution in [3.63, 3.8) is 0 Å². The van der Waals surface area contributed by atoms with Crippen LogP contribution in [-0.4, -0.2) is 5.91 Å². The topological polar surface area (TPSA) is 78.9 Å². The Hall–Kier alpha value is -3.53. The lowest BCUT2D eigenvalue weighted by molar-refractivity contribution is -0.115. The molecule has 32 heavy (non-hydrogen) atoms. The number of amides is 1. The zero-order chi connectivity index (χ0) is 22.5. The maximum atomic E-state index is 13.4. The van der Waals surface area contributed by atoms with E-state index in [0.717, 1.165) is 27.1 Å². The number of carbonyl (C=O) groups excluding carboxylic acids is 1. The molecule has 0 radical (unpaired) electrons. The smallest absolute Gasteiger partial charge is 0.243 e. The van der Waals surface area contributed by atoms with Crippen LogP contribution in [0.15, 0.2) is 89.1 Å². The Kier molecular flexibility index (Phi) is 6.60. The Balaban J connectivity index is 1.64. The number of thioether (sulfide) groups is 1. The summed E-state index contributed by atoms with van der Waals surface area (Å²) in [6.45, 7) is 2.02. The van der Waals surface area contributed by atoms with Gasteiger partial charge in [0.05, 0.1) is 5.56 Å². The van der Waals surface area contributed by atoms with E-state index in [-0.39, 0.29) is 5.91 Å². The molecule has 0 fully saturated rings. The van der Waals surface area contributed by atoms with Gasteiger partial charge < -0.3 is 11.1 Å². The standard InChI is InChI=1S/C26H21N3OS2/c1-17-10-12-18(13-11-17)23-16-31-26(22(23)15-27)29-25(30)24(19-6-3-2-4-7-19)32-21-9-5-8-20(28)14-21/h2-14,16,24H,28H2,1H3,(H,29,30). The Morgan fingerprint density at radius 2 is 1.81 bits per heavy atom. The van der Waals surface area contributed by atoms with E-state index in [1.807, 2.05) is 91.2 Å². The van der Waals surface area contributed by atoms with Crippen molar-refractivity contribution >= 4 is 39.7 Å². The van der Waals surface area contributed by atoms with E-state index in [4.69, 9.17) is 5.73 Å². The molecule has 1 heterocycles. The van der Waals surface area contributed by atoms with Crippen LogP contribution in [-0.2, 0) is 4.79 Å². The molecule has 0 aliphatic rings. The first kappa shape index (κ1) is 21.7. The SMILES string of the molecule is Cc1ccc(-c2csc(NC(=O)C(Sc3cccc(N)c3)c3ccccc3)c2C#N)cc1. The molecule has 1 amide bonds. The first-order valence-corrected chi connectivity index (χ1v) is 11.8. The number of benzene rings is 3. The highest BCUT2D eigenvalue weighted by Gasteiger charge is 2.24. The number of hydrogen-bond acceptors (Lipinski definition) is 5. The number of carbonyl (C=O) groups is 1. The number of anilines is 2. The molecule has 4 aromatic rings. The predicted octanol–water partition coefficient (Wildman–Crippen LogP) is 6.65. The number of hydrogen-bond donors (Lipinski definition) is 2. The van der Waals surface area contributed by atoms with Gasteiger partial charge in [0.25, 0.3) is 0 Å². The van der Waals surface area contributed by atoms with Crippen LogP contribution in [0.4, 0.5) is 10.7 Å². The fourth-order valence-corrected chi connectivity index (χ4v) is 5.32. The fourth-order valence-electron chi connectivity index (χ4n) is 3.31. The van der Waals surface area contributed by atoms with Gasteiger partial charge in [-0.1, -0.05) is 66.2 Å². The van der Waals surface area contributed by atoms with Crippen LogP contribution in [0.2, 0.25) is 0 Å². The molecule has 3 N–H and O–H groups in total. The normalized spacial score (nSPS) is 11.5. The average Bonchev–Trinajstić information content (AvgIpc) is 3.21. The van der Waals surface area contributed by atoms with Crippen molar-refractivity contribution in [2.24, 2.45) is 0 Å². The molecule has 4 rings (SSSR count). The molecule has 0 aliphatic heterocycles. The fraction of sp³-hybridized carbons (Fsp3) is 0.0769. The van der Waals surface area contributed by atoms with Gasteiger partial charge in [0.2, 0.25) is 5.91 Å². The second kappa shape index (κ2) is 9.73. The average molecular weight is 456 g/mol. The van der Waals surface area contributed by atoms with E-state index in [0.29, 0.717) is 16.3 Å². The van der Waals surface area contributed by atoms with E-state index < -0.39 is 5.25 Å². The van der Waals surface area contributed by atoms with Crippen molar-refractivity contribution in [3.8, 4) is 17.2 Å². The molecule has 1 aromatic heterocycles. The van der Waals surface area contributed by atoms with Crippen molar-refractivity contribution in [2.45, 2.75) is 17.1 Å². The first-order chi connectivity index (χ1) is 15.5. The van der Waals surface area contributed by atoms with Gasteiger partial charge in [-0.2, -0.15) is 5.26 Å². The number of rotatable bonds is 6. The van der Waals surface area contributed by atoms with Gasteiger partial charge in [-0.15, -0.1) is 23.1 Å². The predicted molar refractivity (Wildman–Crippen MR) is 134 cm³/mol.